The maximum atomic E-state index is 13.1. The largest absolute Gasteiger partial charge is 0.419 e. The van der Waals surface area contributed by atoms with Crippen molar-refractivity contribution < 1.29 is 13.6 Å². The number of aromatic nitrogens is 1. The first-order chi connectivity index (χ1) is 12.0. The Morgan fingerprint density at radius 1 is 1.20 bits per heavy atom. The molecule has 2 N–H and O–H groups in total. The van der Waals surface area contributed by atoms with Gasteiger partial charge in [-0.2, -0.15) is 0 Å². The van der Waals surface area contributed by atoms with E-state index >= 15 is 0 Å². The highest BCUT2D eigenvalue weighted by Crippen LogP contribution is 2.21. The quantitative estimate of drug-likeness (QED) is 0.719. The van der Waals surface area contributed by atoms with Gasteiger partial charge in [0.1, 0.15) is 5.82 Å². The maximum absolute atomic E-state index is 13.1. The van der Waals surface area contributed by atoms with Crippen molar-refractivity contribution in [2.75, 3.05) is 10.6 Å². The first-order valence-corrected chi connectivity index (χ1v) is 8.02. The van der Waals surface area contributed by atoms with Crippen LogP contribution >= 0.6 is 11.6 Å². The van der Waals surface area contributed by atoms with Crippen LogP contribution in [0.4, 0.5) is 20.6 Å². The van der Waals surface area contributed by atoms with Crippen LogP contribution in [-0.2, 0) is 6.54 Å². The third kappa shape index (κ3) is 3.66. The third-order valence-corrected chi connectivity index (χ3v) is 3.84. The predicted molar refractivity (Wildman–Crippen MR) is 94.8 cm³/mol. The topological polar surface area (TPSA) is 76.3 Å². The molecule has 0 aliphatic carbocycles. The summed E-state index contributed by atoms with van der Waals surface area (Å²) in [5, 5.41) is 5.08. The average Bonchev–Trinajstić information content (AvgIpc) is 2.86. The predicted octanol–water partition coefficient (Wildman–Crippen LogP) is 4.44. The summed E-state index contributed by atoms with van der Waals surface area (Å²) in [6, 6.07) is 8.28. The molecule has 0 radical (unpaired) electrons. The van der Waals surface area contributed by atoms with Gasteiger partial charge < -0.3 is 15.1 Å². The number of fused-ring (bicyclic) bond motifs is 1. The highest BCUT2D eigenvalue weighted by atomic mass is 35.5. The first kappa shape index (κ1) is 17.0. The van der Waals surface area contributed by atoms with Gasteiger partial charge in [-0.15, -0.1) is 0 Å². The molecule has 3 aromatic rings. The molecule has 0 atom stereocenters. The molecule has 130 valence electrons. The van der Waals surface area contributed by atoms with Gasteiger partial charge in [-0.1, -0.05) is 18.5 Å². The van der Waals surface area contributed by atoms with Gasteiger partial charge in [0.2, 0.25) is 0 Å². The van der Waals surface area contributed by atoms with Gasteiger partial charge >= 0.3 is 11.8 Å². The molecule has 0 aliphatic heterocycles. The lowest BCUT2D eigenvalue weighted by atomic mass is 10.2. The highest BCUT2D eigenvalue weighted by Gasteiger charge is 2.11. The molecular formula is C17H15ClFN3O3. The SMILES string of the molecule is CCCn1c(=O)oc2cc(NC(=O)Nc3ccc(F)c(Cl)c3)ccc21. The van der Waals surface area contributed by atoms with E-state index in [2.05, 4.69) is 10.6 Å². The van der Waals surface area contributed by atoms with Crippen molar-refractivity contribution in [3.8, 4) is 0 Å². The highest BCUT2D eigenvalue weighted by molar-refractivity contribution is 6.31. The van der Waals surface area contributed by atoms with Crippen molar-refractivity contribution in [1.82, 2.24) is 4.57 Å². The number of urea groups is 1. The average molecular weight is 364 g/mol. The van der Waals surface area contributed by atoms with Crippen molar-refractivity contribution in [2.45, 2.75) is 19.9 Å². The molecule has 3 rings (SSSR count). The summed E-state index contributed by atoms with van der Waals surface area (Å²) in [6.45, 7) is 2.53. The zero-order valence-electron chi connectivity index (χ0n) is 13.3. The summed E-state index contributed by atoms with van der Waals surface area (Å²) in [5.74, 6) is -0.996. The number of hydrogen-bond donors (Lipinski definition) is 2. The zero-order chi connectivity index (χ0) is 18.0. The van der Waals surface area contributed by atoms with E-state index in [1.165, 1.54) is 12.1 Å². The fourth-order valence-corrected chi connectivity index (χ4v) is 2.63. The molecule has 6 nitrogen and oxygen atoms in total. The molecule has 2 amide bonds. The minimum Gasteiger partial charge on any atom is -0.408 e. The van der Waals surface area contributed by atoms with Gasteiger partial charge in [0.25, 0.3) is 0 Å². The Labute approximate surface area is 147 Å². The molecular weight excluding hydrogens is 349 g/mol. The molecule has 0 spiro atoms. The number of oxazole rings is 1. The molecule has 0 unspecified atom stereocenters. The minimum atomic E-state index is -0.565. The summed E-state index contributed by atoms with van der Waals surface area (Å²) in [7, 11) is 0. The first-order valence-electron chi connectivity index (χ1n) is 7.64. The molecule has 1 aromatic heterocycles. The smallest absolute Gasteiger partial charge is 0.408 e. The maximum Gasteiger partial charge on any atom is 0.419 e. The Bertz CT molecular complexity index is 996. The normalized spacial score (nSPS) is 10.8. The number of hydrogen-bond acceptors (Lipinski definition) is 3. The van der Waals surface area contributed by atoms with Crippen molar-refractivity contribution >= 4 is 40.1 Å². The second-order valence-corrected chi connectivity index (χ2v) is 5.82. The minimum absolute atomic E-state index is 0.0849. The van der Waals surface area contributed by atoms with Crippen LogP contribution in [0.25, 0.3) is 11.1 Å². The summed E-state index contributed by atoms with van der Waals surface area (Å²) in [5.41, 5.74) is 1.87. The van der Waals surface area contributed by atoms with E-state index in [1.807, 2.05) is 6.92 Å². The Balaban J connectivity index is 1.77. The van der Waals surface area contributed by atoms with Gasteiger partial charge in [0.05, 0.1) is 10.5 Å². The van der Waals surface area contributed by atoms with Gasteiger partial charge in [-0.25, -0.2) is 14.0 Å². The molecule has 8 heteroatoms. The van der Waals surface area contributed by atoms with Crippen LogP contribution in [0.2, 0.25) is 5.02 Å². The molecule has 0 fully saturated rings. The van der Waals surface area contributed by atoms with Crippen molar-refractivity contribution in [2.24, 2.45) is 0 Å². The zero-order valence-corrected chi connectivity index (χ0v) is 14.1. The van der Waals surface area contributed by atoms with E-state index in [0.29, 0.717) is 29.0 Å². The third-order valence-electron chi connectivity index (χ3n) is 3.55. The van der Waals surface area contributed by atoms with E-state index in [9.17, 15) is 14.0 Å². The van der Waals surface area contributed by atoms with Crippen LogP contribution in [0.1, 0.15) is 13.3 Å². The Morgan fingerprint density at radius 2 is 1.88 bits per heavy atom. The van der Waals surface area contributed by atoms with E-state index in [0.717, 1.165) is 12.5 Å². The molecule has 2 aromatic carbocycles. The molecule has 0 saturated heterocycles. The van der Waals surface area contributed by atoms with Crippen LogP contribution in [0.3, 0.4) is 0 Å². The van der Waals surface area contributed by atoms with Crippen LogP contribution in [0.5, 0.6) is 0 Å². The van der Waals surface area contributed by atoms with Gasteiger partial charge in [-0.3, -0.25) is 4.57 Å². The second kappa shape index (κ2) is 6.98. The lowest BCUT2D eigenvalue weighted by Gasteiger charge is -2.08. The number of rotatable bonds is 4. The lowest BCUT2D eigenvalue weighted by Crippen LogP contribution is -2.19. The molecule has 0 bridgehead atoms. The summed E-state index contributed by atoms with van der Waals surface area (Å²) in [6.07, 6.45) is 0.803. The number of amides is 2. The van der Waals surface area contributed by atoms with Crippen LogP contribution < -0.4 is 16.4 Å². The summed E-state index contributed by atoms with van der Waals surface area (Å²) < 4.78 is 19.9. The van der Waals surface area contributed by atoms with Crippen LogP contribution in [-0.4, -0.2) is 10.6 Å². The summed E-state index contributed by atoms with van der Waals surface area (Å²) >= 11 is 5.67. The van der Waals surface area contributed by atoms with Gasteiger partial charge in [-0.05, 0) is 36.8 Å². The number of nitrogens with zero attached hydrogens (tertiary/aromatic N) is 1. The fourth-order valence-electron chi connectivity index (χ4n) is 2.45. The number of halogens is 2. The van der Waals surface area contributed by atoms with E-state index in [1.54, 1.807) is 22.8 Å². The Hall–Kier alpha value is -2.80. The van der Waals surface area contributed by atoms with Gasteiger partial charge in [0, 0.05) is 24.0 Å². The number of nitrogens with one attached hydrogen (secondary N) is 2. The van der Waals surface area contributed by atoms with Gasteiger partial charge in [0.15, 0.2) is 5.58 Å². The fraction of sp³-hybridized carbons (Fsp3) is 0.176. The number of aryl methyl sites for hydroxylation is 1. The molecule has 1 heterocycles. The van der Waals surface area contributed by atoms with Crippen molar-refractivity contribution in [3.63, 3.8) is 0 Å². The van der Waals surface area contributed by atoms with Crippen molar-refractivity contribution in [1.29, 1.82) is 0 Å². The van der Waals surface area contributed by atoms with E-state index in [4.69, 9.17) is 16.0 Å². The molecule has 0 saturated carbocycles. The lowest BCUT2D eigenvalue weighted by molar-refractivity contribution is 0.262. The van der Waals surface area contributed by atoms with Crippen LogP contribution in [0.15, 0.2) is 45.6 Å². The van der Waals surface area contributed by atoms with E-state index in [-0.39, 0.29) is 5.02 Å². The van der Waals surface area contributed by atoms with Crippen LogP contribution in [0, 0.1) is 5.82 Å². The Morgan fingerprint density at radius 3 is 2.56 bits per heavy atom. The number of benzene rings is 2. The van der Waals surface area contributed by atoms with E-state index < -0.39 is 17.6 Å². The number of carbonyl (C=O) groups is 1. The standard InChI is InChI=1S/C17H15ClFN3O3/c1-2-7-22-14-6-4-11(9-15(14)25-17(22)24)21-16(23)20-10-3-5-13(19)12(18)8-10/h3-6,8-9H,2,7H2,1H3,(H2,20,21,23). The monoisotopic (exact) mass is 363 g/mol. The Kier molecular flexibility index (Phi) is 4.76. The van der Waals surface area contributed by atoms with Crippen molar-refractivity contribution in [3.05, 3.63) is 57.8 Å². The molecule has 0 aliphatic rings. The summed E-state index contributed by atoms with van der Waals surface area (Å²) in [4.78, 5) is 23.8. The molecule has 25 heavy (non-hydrogen) atoms. The second-order valence-electron chi connectivity index (χ2n) is 5.41. The number of anilines is 2. The number of carbonyl (C=O) groups excluding carboxylic acids is 1.